The second-order valence-corrected chi connectivity index (χ2v) is 4.32. The number of benzene rings is 1. The van der Waals surface area contributed by atoms with E-state index >= 15 is 0 Å². The van der Waals surface area contributed by atoms with E-state index in [2.05, 4.69) is 5.73 Å². The zero-order chi connectivity index (χ0) is 14.1. The van der Waals surface area contributed by atoms with E-state index in [1.165, 1.54) is 0 Å². The van der Waals surface area contributed by atoms with Crippen molar-refractivity contribution in [1.82, 2.24) is 0 Å². The average molecular weight is 260 g/mol. The Bertz CT molecular complexity index is 483. The van der Waals surface area contributed by atoms with Crippen LogP contribution >= 0.6 is 0 Å². The van der Waals surface area contributed by atoms with Gasteiger partial charge in [-0.05, 0) is 30.5 Å². The highest BCUT2D eigenvalue weighted by Crippen LogP contribution is 2.08. The van der Waals surface area contributed by atoms with Crippen LogP contribution in [0.2, 0.25) is 0 Å². The Kier molecular flexibility index (Phi) is 6.65. The fraction of sp³-hybridized carbons (Fsp3) is 0.375. The largest absolute Gasteiger partial charge is 0.460 e. The highest BCUT2D eigenvalue weighted by atomic mass is 16.5. The van der Waals surface area contributed by atoms with Crippen molar-refractivity contribution >= 4 is 12.0 Å². The van der Waals surface area contributed by atoms with Gasteiger partial charge in [-0.1, -0.05) is 31.2 Å². The lowest BCUT2D eigenvalue weighted by molar-refractivity contribution is -0.142. The van der Waals surface area contributed by atoms with Crippen molar-refractivity contribution < 1.29 is 14.6 Å². The van der Waals surface area contributed by atoms with Gasteiger partial charge in [-0.15, -0.1) is 5.73 Å². The molecule has 1 rings (SSSR count). The molecule has 0 saturated carbocycles. The number of aliphatic hydroxyl groups excluding tert-OH is 1. The summed E-state index contributed by atoms with van der Waals surface area (Å²) in [6, 6.07) is 7.89. The van der Waals surface area contributed by atoms with Gasteiger partial charge in [0.1, 0.15) is 6.61 Å². The minimum atomic E-state index is -0.244. The summed E-state index contributed by atoms with van der Waals surface area (Å²) < 4.78 is 5.04. The maximum atomic E-state index is 11.2. The van der Waals surface area contributed by atoms with Gasteiger partial charge < -0.3 is 9.84 Å². The number of aryl methyl sites for hydroxylation is 1. The molecule has 19 heavy (non-hydrogen) atoms. The first-order chi connectivity index (χ1) is 9.17. The molecule has 0 aliphatic carbocycles. The summed E-state index contributed by atoms with van der Waals surface area (Å²) in [7, 11) is 0. The van der Waals surface area contributed by atoms with E-state index in [-0.39, 0.29) is 19.2 Å². The van der Waals surface area contributed by atoms with Crippen LogP contribution in [-0.2, 0) is 9.53 Å². The van der Waals surface area contributed by atoms with Crippen LogP contribution in [-0.4, -0.2) is 24.3 Å². The van der Waals surface area contributed by atoms with Crippen LogP contribution in [0.1, 0.15) is 30.9 Å². The summed E-state index contributed by atoms with van der Waals surface area (Å²) in [5, 5.41) is 9.21. The summed E-state index contributed by atoms with van der Waals surface area (Å²) in [6.45, 7) is 3.86. The van der Waals surface area contributed by atoms with Crippen LogP contribution in [0.3, 0.4) is 0 Å². The van der Waals surface area contributed by atoms with Gasteiger partial charge in [-0.25, -0.2) is 0 Å². The highest BCUT2D eigenvalue weighted by molar-refractivity contribution is 5.69. The number of ether oxygens (including phenoxy) is 1. The van der Waals surface area contributed by atoms with Gasteiger partial charge in [0.25, 0.3) is 0 Å². The second kappa shape index (κ2) is 8.30. The van der Waals surface area contributed by atoms with E-state index in [9.17, 15) is 9.90 Å². The fourth-order valence-electron chi connectivity index (χ4n) is 1.51. The molecule has 102 valence electrons. The molecule has 0 aliphatic rings. The number of rotatable bonds is 6. The van der Waals surface area contributed by atoms with E-state index in [0.29, 0.717) is 12.0 Å². The maximum absolute atomic E-state index is 11.2. The van der Waals surface area contributed by atoms with Crippen molar-refractivity contribution in [2.24, 2.45) is 0 Å². The fourth-order valence-corrected chi connectivity index (χ4v) is 1.51. The zero-order valence-corrected chi connectivity index (χ0v) is 11.5. The molecule has 0 spiro atoms. The standard InChI is InChI=1S/C16H20O3/c1-3-6-16(18)19-12-14(11-17)9-10-15-8-5-4-7-13(15)2/h4-5,7-8,10,17H,3,6,11-12H2,1-2H3. The van der Waals surface area contributed by atoms with Gasteiger partial charge >= 0.3 is 5.97 Å². The van der Waals surface area contributed by atoms with Crippen LogP contribution in [0.15, 0.2) is 35.6 Å². The third-order valence-corrected chi connectivity index (χ3v) is 2.67. The van der Waals surface area contributed by atoms with E-state index in [0.717, 1.165) is 17.5 Å². The van der Waals surface area contributed by atoms with Crippen molar-refractivity contribution in [1.29, 1.82) is 0 Å². The predicted molar refractivity (Wildman–Crippen MR) is 75.6 cm³/mol. The van der Waals surface area contributed by atoms with Crippen molar-refractivity contribution in [3.05, 3.63) is 46.7 Å². The Balaban J connectivity index is 2.71. The lowest BCUT2D eigenvalue weighted by Crippen LogP contribution is -2.08. The molecule has 0 aliphatic heterocycles. The van der Waals surface area contributed by atoms with Crippen LogP contribution in [0.25, 0.3) is 6.08 Å². The summed E-state index contributed by atoms with van der Waals surface area (Å²) in [5.74, 6) is -0.244. The molecule has 0 saturated heterocycles. The Morgan fingerprint density at radius 3 is 2.79 bits per heavy atom. The maximum Gasteiger partial charge on any atom is 0.306 e. The molecule has 1 aromatic rings. The molecular weight excluding hydrogens is 240 g/mol. The van der Waals surface area contributed by atoms with E-state index in [1.807, 2.05) is 38.1 Å². The number of esters is 1. The summed E-state index contributed by atoms with van der Waals surface area (Å²) in [4.78, 5) is 11.2. The van der Waals surface area contributed by atoms with Crippen LogP contribution in [0, 0.1) is 6.92 Å². The SMILES string of the molecule is CCCC(=O)OCC(=C=Cc1ccccc1C)CO. The molecule has 1 N–H and O–H groups in total. The first-order valence-corrected chi connectivity index (χ1v) is 6.44. The first-order valence-electron chi connectivity index (χ1n) is 6.44. The molecular formula is C16H20O3. The molecule has 0 unspecified atom stereocenters. The van der Waals surface area contributed by atoms with Crippen molar-refractivity contribution in [2.75, 3.05) is 13.2 Å². The summed E-state index contributed by atoms with van der Waals surface area (Å²) in [6.07, 6.45) is 2.96. The monoisotopic (exact) mass is 260 g/mol. The minimum Gasteiger partial charge on any atom is -0.460 e. The normalized spacial score (nSPS) is 9.63. The molecule has 0 bridgehead atoms. The van der Waals surface area contributed by atoms with Crippen LogP contribution in [0.4, 0.5) is 0 Å². The minimum absolute atomic E-state index is 0.0950. The number of carbonyl (C=O) groups is 1. The topological polar surface area (TPSA) is 46.5 Å². The molecule has 0 aromatic heterocycles. The van der Waals surface area contributed by atoms with Crippen LogP contribution in [0.5, 0.6) is 0 Å². The molecule has 0 radical (unpaired) electrons. The molecule has 0 amide bonds. The second-order valence-electron chi connectivity index (χ2n) is 4.32. The number of hydrogen-bond acceptors (Lipinski definition) is 3. The first kappa shape index (κ1) is 15.2. The molecule has 1 aromatic carbocycles. The van der Waals surface area contributed by atoms with Gasteiger partial charge in [-0.2, -0.15) is 0 Å². The highest BCUT2D eigenvalue weighted by Gasteiger charge is 2.02. The Morgan fingerprint density at radius 2 is 2.16 bits per heavy atom. The Morgan fingerprint density at radius 1 is 1.42 bits per heavy atom. The van der Waals surface area contributed by atoms with Gasteiger partial charge in [0, 0.05) is 12.0 Å². The van der Waals surface area contributed by atoms with Crippen molar-refractivity contribution in [3.63, 3.8) is 0 Å². The van der Waals surface area contributed by atoms with Gasteiger partial charge in [0.15, 0.2) is 0 Å². The third kappa shape index (κ3) is 5.56. The summed E-state index contributed by atoms with van der Waals surface area (Å²) >= 11 is 0. The number of hydrogen-bond donors (Lipinski definition) is 1. The van der Waals surface area contributed by atoms with Gasteiger partial charge in [0.05, 0.1) is 6.61 Å². The quantitative estimate of drug-likeness (QED) is 0.632. The van der Waals surface area contributed by atoms with E-state index in [1.54, 1.807) is 6.08 Å². The Hall–Kier alpha value is -1.83. The summed E-state index contributed by atoms with van der Waals surface area (Å²) in [5.41, 5.74) is 5.72. The third-order valence-electron chi connectivity index (χ3n) is 2.67. The van der Waals surface area contributed by atoms with Gasteiger partial charge in [0.2, 0.25) is 0 Å². The molecule has 0 heterocycles. The van der Waals surface area contributed by atoms with Crippen molar-refractivity contribution in [3.8, 4) is 0 Å². The number of aliphatic hydroxyl groups is 1. The van der Waals surface area contributed by atoms with Crippen LogP contribution < -0.4 is 0 Å². The van der Waals surface area contributed by atoms with E-state index < -0.39 is 0 Å². The number of carbonyl (C=O) groups excluding carboxylic acids is 1. The molecule has 3 heteroatoms. The predicted octanol–water partition coefficient (Wildman–Crippen LogP) is 2.87. The average Bonchev–Trinajstić information content (AvgIpc) is 2.41. The van der Waals surface area contributed by atoms with Gasteiger partial charge in [-0.3, -0.25) is 4.79 Å². The van der Waals surface area contributed by atoms with Crippen molar-refractivity contribution in [2.45, 2.75) is 26.7 Å². The smallest absolute Gasteiger partial charge is 0.306 e. The molecule has 0 fully saturated rings. The lowest BCUT2D eigenvalue weighted by atomic mass is 10.1. The zero-order valence-electron chi connectivity index (χ0n) is 11.5. The molecule has 3 nitrogen and oxygen atoms in total. The molecule has 0 atom stereocenters. The lowest BCUT2D eigenvalue weighted by Gasteiger charge is -2.04. The Labute approximate surface area is 114 Å². The van der Waals surface area contributed by atoms with E-state index in [4.69, 9.17) is 4.74 Å².